The highest BCUT2D eigenvalue weighted by Crippen LogP contribution is 2.33. The van der Waals surface area contributed by atoms with Crippen LogP contribution in [0.5, 0.6) is 11.5 Å². The van der Waals surface area contributed by atoms with E-state index < -0.39 is 12.9 Å². The lowest BCUT2D eigenvalue weighted by atomic mass is 9.80. The molecule has 1 unspecified atom stereocenters. The molecule has 0 aliphatic carbocycles. The van der Waals surface area contributed by atoms with E-state index >= 15 is 0 Å². The second-order valence-corrected chi connectivity index (χ2v) is 4.92. The summed E-state index contributed by atoms with van der Waals surface area (Å²) in [7, 11) is -1.65. The van der Waals surface area contributed by atoms with Crippen molar-refractivity contribution in [3.63, 3.8) is 0 Å². The van der Waals surface area contributed by atoms with Crippen molar-refractivity contribution < 1.29 is 23.9 Å². The van der Waals surface area contributed by atoms with E-state index in [1.807, 2.05) is 24.3 Å². The fourth-order valence-corrected chi connectivity index (χ4v) is 2.35. The molecule has 2 N–H and O–H groups in total. The van der Waals surface area contributed by atoms with Gasteiger partial charge in [0, 0.05) is 5.56 Å². The van der Waals surface area contributed by atoms with E-state index in [-0.39, 0.29) is 23.7 Å². The van der Waals surface area contributed by atoms with E-state index in [1.54, 1.807) is 0 Å². The van der Waals surface area contributed by atoms with Gasteiger partial charge < -0.3 is 19.5 Å². The van der Waals surface area contributed by atoms with Crippen molar-refractivity contribution >= 4 is 12.6 Å². The van der Waals surface area contributed by atoms with E-state index in [2.05, 4.69) is 0 Å². The van der Waals surface area contributed by atoms with Crippen LogP contribution in [0.1, 0.15) is 11.5 Å². The minimum Gasteiger partial charge on any atom is -0.493 e. The van der Waals surface area contributed by atoms with E-state index in [4.69, 9.17) is 19.5 Å². The topological polar surface area (TPSA) is 58.9 Å². The van der Waals surface area contributed by atoms with Crippen LogP contribution in [0.2, 0.25) is 0 Å². The molecule has 1 heterocycles. The number of hydrogen-bond donors (Lipinski definition) is 2. The minimum absolute atomic E-state index is 0.00461. The number of hydrogen-bond acceptors (Lipinski definition) is 4. The molecule has 3 rings (SSSR count). The Morgan fingerprint density at radius 1 is 1.24 bits per heavy atom. The van der Waals surface area contributed by atoms with E-state index in [0.29, 0.717) is 6.61 Å². The molecule has 1 aliphatic rings. The van der Waals surface area contributed by atoms with E-state index in [9.17, 15) is 4.39 Å². The summed E-state index contributed by atoms with van der Waals surface area (Å²) < 4.78 is 24.7. The van der Waals surface area contributed by atoms with Gasteiger partial charge in [-0.05, 0) is 23.7 Å². The third-order valence-electron chi connectivity index (χ3n) is 3.49. The molecule has 0 saturated heterocycles. The van der Waals surface area contributed by atoms with Crippen molar-refractivity contribution in [2.75, 3.05) is 13.2 Å². The Bertz CT molecular complexity index is 647. The minimum atomic E-state index is -1.65. The fourth-order valence-electron chi connectivity index (χ4n) is 2.35. The largest absolute Gasteiger partial charge is 0.493 e. The molecule has 1 atom stereocenters. The quantitative estimate of drug-likeness (QED) is 0.826. The molecule has 2 aromatic carbocycles. The highest BCUT2D eigenvalue weighted by atomic mass is 19.1. The van der Waals surface area contributed by atoms with Gasteiger partial charge in [-0.3, -0.25) is 0 Å². The van der Waals surface area contributed by atoms with Gasteiger partial charge in [-0.15, -0.1) is 0 Å². The van der Waals surface area contributed by atoms with Gasteiger partial charge in [0.05, 0.1) is 19.1 Å². The zero-order valence-electron chi connectivity index (χ0n) is 11.2. The lowest BCUT2D eigenvalue weighted by molar-refractivity contribution is 0.241. The highest BCUT2D eigenvalue weighted by molar-refractivity contribution is 6.58. The molecule has 0 aromatic heterocycles. The van der Waals surface area contributed by atoms with Gasteiger partial charge >= 0.3 is 7.12 Å². The average molecular weight is 288 g/mol. The van der Waals surface area contributed by atoms with Crippen molar-refractivity contribution in [3.05, 3.63) is 53.8 Å². The smallest absolute Gasteiger partial charge is 0.488 e. The summed E-state index contributed by atoms with van der Waals surface area (Å²) in [5.41, 5.74) is 1.23. The van der Waals surface area contributed by atoms with Crippen LogP contribution in [0, 0.1) is 5.82 Å². The zero-order valence-corrected chi connectivity index (χ0v) is 11.2. The summed E-state index contributed by atoms with van der Waals surface area (Å²) in [6.07, 6.45) is 0. The van der Waals surface area contributed by atoms with Gasteiger partial charge in [0.1, 0.15) is 5.75 Å². The first kappa shape index (κ1) is 13.9. The summed E-state index contributed by atoms with van der Waals surface area (Å²) in [5, 5.41) is 18.2. The summed E-state index contributed by atoms with van der Waals surface area (Å²) in [6, 6.07) is 11.4. The summed E-state index contributed by atoms with van der Waals surface area (Å²) in [5.74, 6) is 0.325. The lowest BCUT2D eigenvalue weighted by Crippen LogP contribution is -2.30. The van der Waals surface area contributed by atoms with E-state index in [1.165, 1.54) is 12.1 Å². The van der Waals surface area contributed by atoms with Gasteiger partial charge in [-0.2, -0.15) is 0 Å². The summed E-state index contributed by atoms with van der Waals surface area (Å²) in [6.45, 7) is 0.752. The van der Waals surface area contributed by atoms with Crippen molar-refractivity contribution in [3.8, 4) is 11.5 Å². The van der Waals surface area contributed by atoms with Gasteiger partial charge in [-0.1, -0.05) is 24.3 Å². The molecule has 2 aromatic rings. The molecule has 6 heteroatoms. The molecule has 0 fully saturated rings. The molecular weight excluding hydrogens is 274 g/mol. The maximum Gasteiger partial charge on any atom is 0.488 e. The predicted octanol–water partition coefficient (Wildman–Crippen LogP) is 1.06. The first-order valence-electron chi connectivity index (χ1n) is 6.65. The third-order valence-corrected chi connectivity index (χ3v) is 3.49. The molecule has 1 aliphatic heterocycles. The molecule has 21 heavy (non-hydrogen) atoms. The Morgan fingerprint density at radius 2 is 2.05 bits per heavy atom. The summed E-state index contributed by atoms with van der Waals surface area (Å²) >= 11 is 0. The predicted molar refractivity (Wildman–Crippen MR) is 76.4 cm³/mol. The van der Waals surface area contributed by atoms with Crippen LogP contribution in [0.25, 0.3) is 0 Å². The first-order valence-corrected chi connectivity index (χ1v) is 6.65. The van der Waals surface area contributed by atoms with Gasteiger partial charge in [0.25, 0.3) is 0 Å². The number of fused-ring (bicyclic) bond motifs is 1. The van der Waals surface area contributed by atoms with Crippen molar-refractivity contribution in [2.45, 2.75) is 5.92 Å². The van der Waals surface area contributed by atoms with Crippen LogP contribution in [0.3, 0.4) is 0 Å². The number of benzene rings is 2. The molecule has 0 saturated carbocycles. The monoisotopic (exact) mass is 288 g/mol. The van der Waals surface area contributed by atoms with Crippen molar-refractivity contribution in [1.29, 1.82) is 0 Å². The fraction of sp³-hybridized carbons (Fsp3) is 0.200. The zero-order chi connectivity index (χ0) is 14.8. The first-order chi connectivity index (χ1) is 10.1. The number of halogens is 1. The molecule has 0 radical (unpaired) electrons. The van der Waals surface area contributed by atoms with Crippen LogP contribution in [0.4, 0.5) is 4.39 Å². The van der Waals surface area contributed by atoms with Gasteiger partial charge in [-0.25, -0.2) is 4.39 Å². The Morgan fingerprint density at radius 3 is 2.86 bits per heavy atom. The van der Waals surface area contributed by atoms with Crippen molar-refractivity contribution in [1.82, 2.24) is 0 Å². The van der Waals surface area contributed by atoms with E-state index in [0.717, 1.165) is 17.4 Å². The van der Waals surface area contributed by atoms with Crippen LogP contribution in [-0.4, -0.2) is 30.4 Å². The number of para-hydroxylation sites is 1. The molecular formula is C15H14BFO4. The highest BCUT2D eigenvalue weighted by Gasteiger charge is 2.24. The van der Waals surface area contributed by atoms with Gasteiger partial charge in [0.2, 0.25) is 0 Å². The second-order valence-electron chi connectivity index (χ2n) is 4.92. The third kappa shape index (κ3) is 2.86. The van der Waals surface area contributed by atoms with Crippen molar-refractivity contribution in [2.24, 2.45) is 0 Å². The molecule has 0 amide bonds. The summed E-state index contributed by atoms with van der Waals surface area (Å²) in [4.78, 5) is 0. The maximum atomic E-state index is 13.7. The Balaban J connectivity index is 1.73. The maximum absolute atomic E-state index is 13.7. The standard InChI is InChI=1S/C15H14BFO4/c17-13-6-5-11(16(18)19)7-15(13)21-9-10-8-20-14-4-2-1-3-12(10)14/h1-7,10,18-19H,8-9H2. The van der Waals surface area contributed by atoms with Crippen LogP contribution >= 0.6 is 0 Å². The normalized spacial score (nSPS) is 16.2. The number of ether oxygens (including phenoxy) is 2. The number of rotatable bonds is 4. The molecule has 108 valence electrons. The lowest BCUT2D eigenvalue weighted by Gasteiger charge is -2.13. The SMILES string of the molecule is OB(O)c1ccc(F)c(OCC2COc3ccccc32)c1. The Hall–Kier alpha value is -2.05. The average Bonchev–Trinajstić information content (AvgIpc) is 2.89. The molecule has 4 nitrogen and oxygen atoms in total. The Kier molecular flexibility index (Phi) is 3.81. The second kappa shape index (κ2) is 5.75. The Labute approximate surface area is 121 Å². The van der Waals surface area contributed by atoms with Gasteiger partial charge in [0.15, 0.2) is 11.6 Å². The van der Waals surface area contributed by atoms with Crippen LogP contribution in [-0.2, 0) is 0 Å². The van der Waals surface area contributed by atoms with Crippen LogP contribution < -0.4 is 14.9 Å². The molecule has 0 bridgehead atoms. The molecule has 0 spiro atoms. The van der Waals surface area contributed by atoms with Crippen LogP contribution in [0.15, 0.2) is 42.5 Å².